The van der Waals surface area contributed by atoms with E-state index in [1.807, 2.05) is 37.3 Å². The highest BCUT2D eigenvalue weighted by Gasteiger charge is 2.40. The van der Waals surface area contributed by atoms with Crippen LogP contribution in [0.15, 0.2) is 59.1 Å². The summed E-state index contributed by atoms with van der Waals surface area (Å²) in [6.45, 7) is 1.99. The zero-order chi connectivity index (χ0) is 20.3. The van der Waals surface area contributed by atoms with E-state index in [1.54, 1.807) is 0 Å². The third kappa shape index (κ3) is 3.92. The minimum absolute atomic E-state index is 0.142. The topological polar surface area (TPSA) is 73.2 Å². The molecule has 0 bridgehead atoms. The first-order valence-electron chi connectivity index (χ1n) is 8.62. The molecule has 142 valence electrons. The SMILES string of the molecule is CNC(=O)/C(C#N)=C1\S[C@@H](Cc2ccc(C)cc2)C(=O)N1c1ccc(F)cc1. The Kier molecular flexibility index (Phi) is 5.81. The highest BCUT2D eigenvalue weighted by atomic mass is 32.2. The van der Waals surface area contributed by atoms with Gasteiger partial charge in [0.25, 0.3) is 5.91 Å². The van der Waals surface area contributed by atoms with Crippen LogP contribution >= 0.6 is 11.8 Å². The van der Waals surface area contributed by atoms with E-state index in [1.165, 1.54) is 48.0 Å². The fraction of sp³-hybridized carbons (Fsp3) is 0.190. The number of rotatable bonds is 4. The average Bonchev–Trinajstić information content (AvgIpc) is 3.00. The standard InChI is InChI=1S/C21H18FN3O2S/c1-13-3-5-14(6-4-13)11-18-20(27)25(16-9-7-15(22)8-10-16)21(28-18)17(12-23)19(26)24-2/h3-10,18H,11H2,1-2H3,(H,24,26)/b21-17-/t18-/m0/s1. The fourth-order valence-electron chi connectivity index (χ4n) is 2.88. The van der Waals surface area contributed by atoms with E-state index in [9.17, 15) is 19.2 Å². The molecule has 2 amide bonds. The monoisotopic (exact) mass is 395 g/mol. The lowest BCUT2D eigenvalue weighted by molar-refractivity contribution is -0.117. The van der Waals surface area contributed by atoms with Gasteiger partial charge in [-0.1, -0.05) is 41.6 Å². The Morgan fingerprint density at radius 3 is 2.43 bits per heavy atom. The fourth-order valence-corrected chi connectivity index (χ4v) is 4.18. The van der Waals surface area contributed by atoms with E-state index in [-0.39, 0.29) is 16.5 Å². The van der Waals surface area contributed by atoms with Crippen LogP contribution < -0.4 is 10.2 Å². The second kappa shape index (κ2) is 8.28. The Hall–Kier alpha value is -3.11. The van der Waals surface area contributed by atoms with E-state index in [0.29, 0.717) is 12.1 Å². The summed E-state index contributed by atoms with van der Waals surface area (Å²) in [4.78, 5) is 26.6. The van der Waals surface area contributed by atoms with Crippen LogP contribution in [0, 0.1) is 24.1 Å². The summed E-state index contributed by atoms with van der Waals surface area (Å²) in [7, 11) is 1.42. The van der Waals surface area contributed by atoms with Gasteiger partial charge in [-0.25, -0.2) is 4.39 Å². The van der Waals surface area contributed by atoms with Crippen molar-refractivity contribution in [3.8, 4) is 6.07 Å². The van der Waals surface area contributed by atoms with Gasteiger partial charge in [0.1, 0.15) is 22.5 Å². The normalized spacial score (nSPS) is 18.0. The lowest BCUT2D eigenvalue weighted by atomic mass is 10.1. The van der Waals surface area contributed by atoms with Crippen molar-refractivity contribution in [1.82, 2.24) is 5.32 Å². The van der Waals surface area contributed by atoms with E-state index in [0.717, 1.165) is 11.1 Å². The molecular formula is C21H18FN3O2S. The molecule has 0 radical (unpaired) electrons. The van der Waals surface area contributed by atoms with Crippen LogP contribution in [-0.4, -0.2) is 24.1 Å². The number of amides is 2. The van der Waals surface area contributed by atoms with Crippen LogP contribution in [0.2, 0.25) is 0 Å². The van der Waals surface area contributed by atoms with Gasteiger partial charge >= 0.3 is 0 Å². The molecule has 0 spiro atoms. The summed E-state index contributed by atoms with van der Waals surface area (Å²) < 4.78 is 13.3. The maximum atomic E-state index is 13.3. The number of thioether (sulfide) groups is 1. The molecule has 0 aliphatic carbocycles. The van der Waals surface area contributed by atoms with Crippen LogP contribution in [0.3, 0.4) is 0 Å². The summed E-state index contributed by atoms with van der Waals surface area (Å²) in [5.41, 5.74) is 2.37. The number of anilines is 1. The molecule has 1 N–H and O–H groups in total. The van der Waals surface area contributed by atoms with Gasteiger partial charge < -0.3 is 5.32 Å². The molecule has 1 saturated heterocycles. The Balaban J connectivity index is 2.03. The van der Waals surface area contributed by atoms with Gasteiger partial charge in [0, 0.05) is 12.7 Å². The number of nitrogens with one attached hydrogen (secondary N) is 1. The van der Waals surface area contributed by atoms with Gasteiger partial charge in [-0.05, 0) is 43.2 Å². The smallest absolute Gasteiger partial charge is 0.264 e. The molecule has 2 aromatic rings. The average molecular weight is 395 g/mol. The lowest BCUT2D eigenvalue weighted by Gasteiger charge is -2.18. The summed E-state index contributed by atoms with van der Waals surface area (Å²) in [5.74, 6) is -1.25. The van der Waals surface area contributed by atoms with Crippen molar-refractivity contribution in [1.29, 1.82) is 5.26 Å². The predicted molar refractivity (Wildman–Crippen MR) is 107 cm³/mol. The summed E-state index contributed by atoms with van der Waals surface area (Å²) >= 11 is 1.18. The van der Waals surface area contributed by atoms with Crippen LogP contribution in [0.5, 0.6) is 0 Å². The third-order valence-electron chi connectivity index (χ3n) is 4.36. The largest absolute Gasteiger partial charge is 0.354 e. The molecule has 3 rings (SSSR count). The van der Waals surface area contributed by atoms with Crippen molar-refractivity contribution in [3.05, 3.63) is 76.1 Å². The van der Waals surface area contributed by atoms with Gasteiger partial charge in [-0.3, -0.25) is 14.5 Å². The van der Waals surface area contributed by atoms with E-state index in [4.69, 9.17) is 0 Å². The molecule has 1 fully saturated rings. The van der Waals surface area contributed by atoms with E-state index >= 15 is 0 Å². The quantitative estimate of drug-likeness (QED) is 0.637. The number of benzene rings is 2. The first-order chi connectivity index (χ1) is 13.4. The van der Waals surface area contributed by atoms with Crippen LogP contribution in [-0.2, 0) is 16.0 Å². The van der Waals surface area contributed by atoms with E-state index < -0.39 is 17.0 Å². The van der Waals surface area contributed by atoms with E-state index in [2.05, 4.69) is 5.32 Å². The zero-order valence-electron chi connectivity index (χ0n) is 15.4. The summed E-state index contributed by atoms with van der Waals surface area (Å²) in [6, 6.07) is 15.1. The van der Waals surface area contributed by atoms with Crippen molar-refractivity contribution in [2.75, 3.05) is 11.9 Å². The van der Waals surface area contributed by atoms with Gasteiger partial charge in [0.2, 0.25) is 5.91 Å². The maximum Gasteiger partial charge on any atom is 0.264 e. The molecule has 0 saturated carbocycles. The molecule has 0 unspecified atom stereocenters. The maximum absolute atomic E-state index is 13.3. The number of nitrogens with zero attached hydrogens (tertiary/aromatic N) is 2. The molecule has 28 heavy (non-hydrogen) atoms. The Morgan fingerprint density at radius 1 is 1.21 bits per heavy atom. The van der Waals surface area contributed by atoms with Crippen LogP contribution in [0.25, 0.3) is 0 Å². The van der Waals surface area contributed by atoms with Crippen molar-refractivity contribution in [2.45, 2.75) is 18.6 Å². The molecule has 0 aromatic heterocycles. The van der Waals surface area contributed by atoms with Crippen molar-refractivity contribution < 1.29 is 14.0 Å². The molecule has 5 nitrogen and oxygen atoms in total. The molecule has 2 aromatic carbocycles. The minimum atomic E-state index is -0.569. The first kappa shape index (κ1) is 19.6. The van der Waals surface area contributed by atoms with Gasteiger partial charge in [0.15, 0.2) is 0 Å². The lowest BCUT2D eigenvalue weighted by Crippen LogP contribution is -2.31. The molecule has 7 heteroatoms. The van der Waals surface area contributed by atoms with Gasteiger partial charge in [-0.15, -0.1) is 0 Å². The molecule has 1 atom stereocenters. The zero-order valence-corrected chi connectivity index (χ0v) is 16.2. The predicted octanol–water partition coefficient (Wildman–Crippen LogP) is 3.31. The molecule has 1 aliphatic heterocycles. The number of hydrogen-bond donors (Lipinski definition) is 1. The Morgan fingerprint density at radius 2 is 1.86 bits per heavy atom. The third-order valence-corrected chi connectivity index (χ3v) is 5.62. The summed E-state index contributed by atoms with van der Waals surface area (Å²) in [5, 5.41) is 11.7. The second-order valence-electron chi connectivity index (χ2n) is 6.32. The van der Waals surface area contributed by atoms with Crippen LogP contribution in [0.1, 0.15) is 11.1 Å². The summed E-state index contributed by atoms with van der Waals surface area (Å²) in [6.07, 6.45) is 0.456. The molecule has 1 heterocycles. The number of hydrogen-bond acceptors (Lipinski definition) is 4. The van der Waals surface area contributed by atoms with Gasteiger partial charge in [0.05, 0.1) is 5.25 Å². The Bertz CT molecular complexity index is 978. The van der Waals surface area contributed by atoms with Crippen molar-refractivity contribution in [3.63, 3.8) is 0 Å². The number of nitriles is 1. The van der Waals surface area contributed by atoms with Crippen molar-refractivity contribution >= 4 is 29.3 Å². The van der Waals surface area contributed by atoms with Crippen LogP contribution in [0.4, 0.5) is 10.1 Å². The highest BCUT2D eigenvalue weighted by Crippen LogP contribution is 2.41. The Labute approximate surface area is 166 Å². The number of aryl methyl sites for hydroxylation is 1. The number of carbonyl (C=O) groups is 2. The van der Waals surface area contributed by atoms with Gasteiger partial charge in [-0.2, -0.15) is 5.26 Å². The minimum Gasteiger partial charge on any atom is -0.354 e. The van der Waals surface area contributed by atoms with Crippen molar-refractivity contribution in [2.24, 2.45) is 0 Å². The molecular weight excluding hydrogens is 377 g/mol. The molecule has 1 aliphatic rings. The number of carbonyl (C=O) groups excluding carboxylic acids is 2. The highest BCUT2D eigenvalue weighted by molar-refractivity contribution is 8.05. The number of halogens is 1. The number of likely N-dealkylation sites (N-methyl/N-ethyl adjacent to an activating group) is 1. The first-order valence-corrected chi connectivity index (χ1v) is 9.50. The second-order valence-corrected chi connectivity index (χ2v) is 7.51.